The summed E-state index contributed by atoms with van der Waals surface area (Å²) >= 11 is 0. The minimum atomic E-state index is -0.406. The van der Waals surface area contributed by atoms with E-state index in [4.69, 9.17) is 0 Å². The first-order valence-corrected chi connectivity index (χ1v) is 7.61. The Hall–Kier alpha value is -2.75. The van der Waals surface area contributed by atoms with Gasteiger partial charge in [-0.15, -0.1) is 0 Å². The van der Waals surface area contributed by atoms with E-state index in [-0.39, 0.29) is 5.91 Å². The van der Waals surface area contributed by atoms with Crippen molar-refractivity contribution >= 4 is 29.2 Å². The van der Waals surface area contributed by atoms with Crippen LogP contribution in [0.25, 0.3) is 0 Å². The first-order valence-electron chi connectivity index (χ1n) is 7.61. The summed E-state index contributed by atoms with van der Waals surface area (Å²) in [6.45, 7) is 5.94. The highest BCUT2D eigenvalue weighted by Crippen LogP contribution is 2.24. The van der Waals surface area contributed by atoms with Gasteiger partial charge in [-0.1, -0.05) is 24.3 Å². The molecule has 1 heterocycles. The summed E-state index contributed by atoms with van der Waals surface area (Å²) in [7, 11) is 0. The lowest BCUT2D eigenvalue weighted by molar-refractivity contribution is -0.118. The van der Waals surface area contributed by atoms with Crippen molar-refractivity contribution in [2.45, 2.75) is 20.8 Å². The van der Waals surface area contributed by atoms with E-state index >= 15 is 0 Å². The Morgan fingerprint density at radius 3 is 2.35 bits per heavy atom. The molecule has 0 N–H and O–H groups in total. The summed E-state index contributed by atoms with van der Waals surface area (Å²) in [4.78, 5) is 17.1. The molecule has 0 fully saturated rings. The first-order chi connectivity index (χ1) is 11.0. The van der Waals surface area contributed by atoms with Gasteiger partial charge in [-0.3, -0.25) is 9.79 Å². The van der Waals surface area contributed by atoms with Crippen LogP contribution in [0.4, 0.5) is 11.4 Å². The summed E-state index contributed by atoms with van der Waals surface area (Å²) in [5, 5.41) is 5.83. The Labute approximate surface area is 136 Å². The molecular formula is C19H19N3O. The van der Waals surface area contributed by atoms with Crippen molar-refractivity contribution in [2.75, 3.05) is 5.01 Å². The maximum atomic E-state index is 12.6. The quantitative estimate of drug-likeness (QED) is 0.789. The van der Waals surface area contributed by atoms with Crippen molar-refractivity contribution in [2.24, 2.45) is 16.0 Å². The fourth-order valence-electron chi connectivity index (χ4n) is 2.69. The number of amides is 1. The van der Waals surface area contributed by atoms with E-state index in [1.165, 1.54) is 5.01 Å². The molecule has 1 aliphatic heterocycles. The summed E-state index contributed by atoms with van der Waals surface area (Å²) < 4.78 is 0. The van der Waals surface area contributed by atoms with Crippen LogP contribution in [-0.2, 0) is 4.79 Å². The molecular weight excluding hydrogens is 286 g/mol. The number of carbonyl (C=O) groups is 1. The van der Waals surface area contributed by atoms with Crippen LogP contribution in [0.3, 0.4) is 0 Å². The van der Waals surface area contributed by atoms with Crippen LogP contribution >= 0.6 is 0 Å². The summed E-state index contributed by atoms with van der Waals surface area (Å²) in [5.74, 6) is -0.474. The number of nitrogens with zero attached hydrogens (tertiary/aromatic N) is 3. The third-order valence-electron chi connectivity index (χ3n) is 3.76. The van der Waals surface area contributed by atoms with Gasteiger partial charge >= 0.3 is 0 Å². The van der Waals surface area contributed by atoms with Crippen LogP contribution in [-0.4, -0.2) is 17.8 Å². The largest absolute Gasteiger partial charge is 0.271 e. The molecule has 0 aromatic heterocycles. The van der Waals surface area contributed by atoms with Gasteiger partial charge in [0.25, 0.3) is 5.91 Å². The van der Waals surface area contributed by atoms with E-state index in [0.29, 0.717) is 0 Å². The van der Waals surface area contributed by atoms with E-state index in [2.05, 4.69) is 16.2 Å². The standard InChI is InChI=1S/C19H19N3O/c1-13-9-14(2)11-16(10-13)20-12-18-15(3)21-22(19(18)23)17-7-5-4-6-8-17/h4-12,18H,1-3H3/t18-/m1/s1. The minimum absolute atomic E-state index is 0.0678. The molecule has 3 rings (SSSR count). The van der Waals surface area contributed by atoms with Crippen LogP contribution in [0.5, 0.6) is 0 Å². The zero-order valence-electron chi connectivity index (χ0n) is 13.5. The van der Waals surface area contributed by atoms with Crippen molar-refractivity contribution in [3.63, 3.8) is 0 Å². The van der Waals surface area contributed by atoms with Gasteiger partial charge in [0.2, 0.25) is 0 Å². The number of hydrogen-bond donors (Lipinski definition) is 0. The number of aryl methyl sites for hydroxylation is 2. The molecule has 1 amide bonds. The molecule has 0 saturated heterocycles. The molecule has 116 valence electrons. The van der Waals surface area contributed by atoms with Gasteiger partial charge < -0.3 is 0 Å². The monoisotopic (exact) mass is 305 g/mol. The number of rotatable bonds is 3. The third-order valence-corrected chi connectivity index (χ3v) is 3.76. The van der Waals surface area contributed by atoms with Crippen molar-refractivity contribution in [3.05, 3.63) is 59.7 Å². The summed E-state index contributed by atoms with van der Waals surface area (Å²) in [6, 6.07) is 15.6. The van der Waals surface area contributed by atoms with E-state index in [1.54, 1.807) is 6.21 Å². The number of hydrogen-bond acceptors (Lipinski definition) is 3. The highest BCUT2D eigenvalue weighted by molar-refractivity contribution is 6.23. The SMILES string of the molecule is CC1=NN(c2ccccc2)C(=O)[C@@H]1C=Nc1cc(C)cc(C)c1. The first kappa shape index (κ1) is 15.2. The second-order valence-electron chi connectivity index (χ2n) is 5.83. The molecule has 0 bridgehead atoms. The number of anilines is 1. The average Bonchev–Trinajstić information content (AvgIpc) is 2.80. The lowest BCUT2D eigenvalue weighted by Gasteiger charge is -2.12. The summed E-state index contributed by atoms with van der Waals surface area (Å²) in [5.41, 5.74) is 4.71. The van der Waals surface area contributed by atoms with Gasteiger partial charge in [0.1, 0.15) is 5.92 Å². The third kappa shape index (κ3) is 3.21. The molecule has 2 aromatic carbocycles. The van der Waals surface area contributed by atoms with Crippen molar-refractivity contribution in [1.82, 2.24) is 0 Å². The number of para-hydroxylation sites is 1. The average molecular weight is 305 g/mol. The molecule has 0 spiro atoms. The molecule has 0 radical (unpaired) electrons. The Kier molecular flexibility index (Phi) is 4.06. The van der Waals surface area contributed by atoms with Crippen molar-refractivity contribution in [1.29, 1.82) is 0 Å². The lowest BCUT2D eigenvalue weighted by Crippen LogP contribution is -2.27. The Balaban J connectivity index is 1.83. The van der Waals surface area contributed by atoms with Crippen LogP contribution in [0, 0.1) is 19.8 Å². The van der Waals surface area contributed by atoms with E-state index in [9.17, 15) is 4.79 Å². The highest BCUT2D eigenvalue weighted by atomic mass is 16.2. The van der Waals surface area contributed by atoms with Crippen molar-refractivity contribution < 1.29 is 4.79 Å². The predicted molar refractivity (Wildman–Crippen MR) is 94.6 cm³/mol. The number of aliphatic imine (C=N–C) groups is 1. The maximum Gasteiger partial charge on any atom is 0.261 e. The smallest absolute Gasteiger partial charge is 0.261 e. The zero-order valence-corrected chi connectivity index (χ0v) is 13.5. The number of carbonyl (C=O) groups excluding carboxylic acids is 1. The lowest BCUT2D eigenvalue weighted by atomic mass is 10.1. The topological polar surface area (TPSA) is 45.0 Å². The molecule has 23 heavy (non-hydrogen) atoms. The number of benzene rings is 2. The number of hydrazone groups is 1. The second kappa shape index (κ2) is 6.16. The molecule has 1 aliphatic rings. The molecule has 0 unspecified atom stereocenters. The van der Waals surface area contributed by atoms with Crippen LogP contribution < -0.4 is 5.01 Å². The Morgan fingerprint density at radius 2 is 1.70 bits per heavy atom. The van der Waals surface area contributed by atoms with Gasteiger partial charge in [0, 0.05) is 6.21 Å². The fraction of sp³-hybridized carbons (Fsp3) is 0.211. The summed E-state index contributed by atoms with van der Waals surface area (Å²) in [6.07, 6.45) is 1.69. The van der Waals surface area contributed by atoms with Gasteiger partial charge in [0.15, 0.2) is 0 Å². The normalized spacial score (nSPS) is 17.9. The van der Waals surface area contributed by atoms with E-state index in [1.807, 2.05) is 63.2 Å². The van der Waals surface area contributed by atoms with E-state index in [0.717, 1.165) is 28.2 Å². The predicted octanol–water partition coefficient (Wildman–Crippen LogP) is 4.04. The Bertz CT molecular complexity index is 773. The van der Waals surface area contributed by atoms with Crippen molar-refractivity contribution in [3.8, 4) is 0 Å². The van der Waals surface area contributed by atoms with Gasteiger partial charge in [-0.05, 0) is 56.2 Å². The van der Waals surface area contributed by atoms with Crippen LogP contribution in [0.1, 0.15) is 18.1 Å². The molecule has 4 nitrogen and oxygen atoms in total. The Morgan fingerprint density at radius 1 is 1.04 bits per heavy atom. The molecule has 4 heteroatoms. The molecule has 0 aliphatic carbocycles. The van der Waals surface area contributed by atoms with Crippen LogP contribution in [0.15, 0.2) is 58.6 Å². The minimum Gasteiger partial charge on any atom is -0.271 e. The van der Waals surface area contributed by atoms with Crippen LogP contribution in [0.2, 0.25) is 0 Å². The zero-order chi connectivity index (χ0) is 16.4. The molecule has 1 atom stereocenters. The van der Waals surface area contributed by atoms with Gasteiger partial charge in [-0.2, -0.15) is 10.1 Å². The second-order valence-corrected chi connectivity index (χ2v) is 5.83. The van der Waals surface area contributed by atoms with Gasteiger partial charge in [0.05, 0.1) is 17.1 Å². The molecule has 2 aromatic rings. The molecule has 0 saturated carbocycles. The fourth-order valence-corrected chi connectivity index (χ4v) is 2.69. The van der Waals surface area contributed by atoms with Gasteiger partial charge in [-0.25, -0.2) is 0 Å². The van der Waals surface area contributed by atoms with E-state index < -0.39 is 5.92 Å². The maximum absolute atomic E-state index is 12.6. The highest BCUT2D eigenvalue weighted by Gasteiger charge is 2.33.